The predicted molar refractivity (Wildman–Crippen MR) is 98.3 cm³/mol. The van der Waals surface area contributed by atoms with Crippen LogP contribution in [0.1, 0.15) is 25.0 Å². The maximum atomic E-state index is 12.3. The molecule has 0 aromatic heterocycles. The number of amides is 1. The number of ether oxygens (including phenoxy) is 1. The van der Waals surface area contributed by atoms with Gasteiger partial charge < -0.3 is 20.7 Å². The highest BCUT2D eigenvalue weighted by Crippen LogP contribution is 2.21. The lowest BCUT2D eigenvalue weighted by Gasteiger charge is -2.21. The Morgan fingerprint density at radius 3 is 2.46 bits per heavy atom. The third-order valence-corrected chi connectivity index (χ3v) is 3.72. The van der Waals surface area contributed by atoms with E-state index in [0.29, 0.717) is 24.5 Å². The molecule has 0 aliphatic heterocycles. The van der Waals surface area contributed by atoms with Crippen molar-refractivity contribution in [3.8, 4) is 5.75 Å². The first-order chi connectivity index (χ1) is 11.5. The molecule has 0 aliphatic carbocycles. The monoisotopic (exact) mass is 327 g/mol. The Bertz CT molecular complexity index is 684. The number of rotatable bonds is 6. The minimum atomic E-state index is -0.365. The molecular weight excluding hydrogens is 302 g/mol. The van der Waals surface area contributed by atoms with Gasteiger partial charge in [0, 0.05) is 19.6 Å². The summed E-state index contributed by atoms with van der Waals surface area (Å²) in [6, 6.07) is 13.2. The fourth-order valence-electron chi connectivity index (χ4n) is 2.36. The number of carbonyl (C=O) groups is 1. The SMILES string of the molecule is CCNc1ccc(CN(CC)C(=O)Oc2ccc(C)cc2)cc1N. The average molecular weight is 327 g/mol. The lowest BCUT2D eigenvalue weighted by Crippen LogP contribution is -2.32. The van der Waals surface area contributed by atoms with E-state index in [1.807, 2.05) is 51.1 Å². The van der Waals surface area contributed by atoms with Gasteiger partial charge in [0.15, 0.2) is 0 Å². The second-order valence-electron chi connectivity index (χ2n) is 5.65. The Hall–Kier alpha value is -2.69. The van der Waals surface area contributed by atoms with Crippen molar-refractivity contribution >= 4 is 17.5 Å². The second-order valence-corrected chi connectivity index (χ2v) is 5.65. The quantitative estimate of drug-likeness (QED) is 0.786. The van der Waals surface area contributed by atoms with Crippen molar-refractivity contribution in [1.29, 1.82) is 0 Å². The number of hydrogen-bond acceptors (Lipinski definition) is 4. The topological polar surface area (TPSA) is 67.6 Å². The molecular formula is C19H25N3O2. The minimum Gasteiger partial charge on any atom is -0.410 e. The van der Waals surface area contributed by atoms with Crippen LogP contribution in [0.15, 0.2) is 42.5 Å². The van der Waals surface area contributed by atoms with Gasteiger partial charge in [0.2, 0.25) is 0 Å². The molecule has 0 heterocycles. The summed E-state index contributed by atoms with van der Waals surface area (Å²) in [5.74, 6) is 0.547. The van der Waals surface area contributed by atoms with Crippen LogP contribution < -0.4 is 15.8 Å². The lowest BCUT2D eigenvalue weighted by atomic mass is 10.1. The van der Waals surface area contributed by atoms with Gasteiger partial charge >= 0.3 is 6.09 Å². The number of nitrogen functional groups attached to an aromatic ring is 1. The Morgan fingerprint density at radius 2 is 1.88 bits per heavy atom. The van der Waals surface area contributed by atoms with Crippen LogP contribution in [0.2, 0.25) is 0 Å². The Morgan fingerprint density at radius 1 is 1.17 bits per heavy atom. The number of nitrogens with zero attached hydrogens (tertiary/aromatic N) is 1. The summed E-state index contributed by atoms with van der Waals surface area (Å²) in [7, 11) is 0. The third kappa shape index (κ3) is 4.65. The molecule has 0 radical (unpaired) electrons. The zero-order valence-electron chi connectivity index (χ0n) is 14.5. The molecule has 0 aliphatic rings. The molecule has 5 nitrogen and oxygen atoms in total. The van der Waals surface area contributed by atoms with E-state index in [0.717, 1.165) is 23.4 Å². The standard InChI is InChI=1S/C19H25N3O2/c1-4-21-18-11-8-15(12-17(18)20)13-22(5-2)19(23)24-16-9-6-14(3)7-10-16/h6-12,21H,4-5,13,20H2,1-3H3. The molecule has 0 saturated carbocycles. The first kappa shape index (κ1) is 17.7. The molecule has 0 saturated heterocycles. The van der Waals surface area contributed by atoms with E-state index in [9.17, 15) is 4.79 Å². The number of carbonyl (C=O) groups excluding carboxylic acids is 1. The summed E-state index contributed by atoms with van der Waals surface area (Å²) in [5, 5.41) is 3.20. The first-order valence-electron chi connectivity index (χ1n) is 8.19. The van der Waals surface area contributed by atoms with Crippen molar-refractivity contribution in [2.75, 3.05) is 24.1 Å². The summed E-state index contributed by atoms with van der Waals surface area (Å²) in [6.07, 6.45) is -0.365. The minimum absolute atomic E-state index is 0.365. The van der Waals surface area contributed by atoms with Crippen LogP contribution in [-0.2, 0) is 6.54 Å². The number of anilines is 2. The molecule has 2 rings (SSSR count). The number of nitrogens with one attached hydrogen (secondary N) is 1. The van der Waals surface area contributed by atoms with Crippen molar-refractivity contribution in [2.24, 2.45) is 0 Å². The smallest absolute Gasteiger partial charge is 0.410 e. The molecule has 1 amide bonds. The van der Waals surface area contributed by atoms with Crippen molar-refractivity contribution in [1.82, 2.24) is 4.90 Å². The lowest BCUT2D eigenvalue weighted by molar-refractivity contribution is 0.152. The summed E-state index contributed by atoms with van der Waals surface area (Å²) >= 11 is 0. The Balaban J connectivity index is 2.04. The van der Waals surface area contributed by atoms with Gasteiger partial charge in [-0.15, -0.1) is 0 Å². The van der Waals surface area contributed by atoms with Gasteiger partial charge in [-0.05, 0) is 50.6 Å². The normalized spacial score (nSPS) is 10.3. The van der Waals surface area contributed by atoms with Gasteiger partial charge in [0.1, 0.15) is 5.75 Å². The molecule has 5 heteroatoms. The zero-order chi connectivity index (χ0) is 17.5. The van der Waals surface area contributed by atoms with Gasteiger partial charge in [-0.1, -0.05) is 23.8 Å². The highest BCUT2D eigenvalue weighted by molar-refractivity contribution is 5.71. The largest absolute Gasteiger partial charge is 0.415 e. The zero-order valence-corrected chi connectivity index (χ0v) is 14.5. The van der Waals surface area contributed by atoms with Gasteiger partial charge in [0.25, 0.3) is 0 Å². The van der Waals surface area contributed by atoms with Crippen molar-refractivity contribution < 1.29 is 9.53 Å². The molecule has 0 atom stereocenters. The van der Waals surface area contributed by atoms with E-state index >= 15 is 0 Å². The van der Waals surface area contributed by atoms with E-state index in [1.54, 1.807) is 17.0 Å². The fraction of sp³-hybridized carbons (Fsp3) is 0.316. The number of hydrogen-bond donors (Lipinski definition) is 2. The number of aryl methyl sites for hydroxylation is 1. The summed E-state index contributed by atoms with van der Waals surface area (Å²) in [4.78, 5) is 14.0. The molecule has 0 bridgehead atoms. The van der Waals surface area contributed by atoms with Crippen molar-refractivity contribution in [2.45, 2.75) is 27.3 Å². The van der Waals surface area contributed by atoms with Crippen LogP contribution in [-0.4, -0.2) is 24.1 Å². The van der Waals surface area contributed by atoms with Gasteiger partial charge in [0.05, 0.1) is 11.4 Å². The predicted octanol–water partition coefficient (Wildman–Crippen LogP) is 4.03. The maximum Gasteiger partial charge on any atom is 0.415 e. The highest BCUT2D eigenvalue weighted by Gasteiger charge is 2.15. The summed E-state index contributed by atoms with van der Waals surface area (Å²) in [6.45, 7) is 7.76. The summed E-state index contributed by atoms with van der Waals surface area (Å²) < 4.78 is 5.43. The van der Waals surface area contributed by atoms with Crippen LogP contribution in [0.5, 0.6) is 5.75 Å². The van der Waals surface area contributed by atoms with Crippen molar-refractivity contribution in [3.05, 3.63) is 53.6 Å². The molecule has 0 fully saturated rings. The molecule has 24 heavy (non-hydrogen) atoms. The van der Waals surface area contributed by atoms with Gasteiger partial charge in [-0.2, -0.15) is 0 Å². The molecule has 2 aromatic rings. The number of benzene rings is 2. The van der Waals surface area contributed by atoms with E-state index in [4.69, 9.17) is 10.5 Å². The fourth-order valence-corrected chi connectivity index (χ4v) is 2.36. The molecule has 0 unspecified atom stereocenters. The number of nitrogens with two attached hydrogens (primary N) is 1. The Labute approximate surface area is 143 Å². The van der Waals surface area contributed by atoms with Gasteiger partial charge in [-0.3, -0.25) is 0 Å². The average Bonchev–Trinajstić information content (AvgIpc) is 2.57. The third-order valence-electron chi connectivity index (χ3n) is 3.72. The first-order valence-corrected chi connectivity index (χ1v) is 8.19. The highest BCUT2D eigenvalue weighted by atomic mass is 16.6. The van der Waals surface area contributed by atoms with Crippen LogP contribution >= 0.6 is 0 Å². The van der Waals surface area contributed by atoms with Crippen LogP contribution in [0, 0.1) is 6.92 Å². The van der Waals surface area contributed by atoms with Crippen LogP contribution in [0.4, 0.5) is 16.2 Å². The van der Waals surface area contributed by atoms with Crippen LogP contribution in [0.25, 0.3) is 0 Å². The Kier molecular flexibility index (Phi) is 6.07. The molecule has 0 spiro atoms. The van der Waals surface area contributed by atoms with Crippen LogP contribution in [0.3, 0.4) is 0 Å². The van der Waals surface area contributed by atoms with E-state index in [1.165, 1.54) is 0 Å². The molecule has 2 aromatic carbocycles. The summed E-state index contributed by atoms with van der Waals surface area (Å²) in [5.41, 5.74) is 9.72. The van der Waals surface area contributed by atoms with Gasteiger partial charge in [-0.25, -0.2) is 4.79 Å². The van der Waals surface area contributed by atoms with E-state index < -0.39 is 0 Å². The second kappa shape index (κ2) is 8.24. The van der Waals surface area contributed by atoms with E-state index in [2.05, 4.69) is 5.32 Å². The van der Waals surface area contributed by atoms with E-state index in [-0.39, 0.29) is 6.09 Å². The van der Waals surface area contributed by atoms with Crippen molar-refractivity contribution in [3.63, 3.8) is 0 Å². The maximum absolute atomic E-state index is 12.3. The molecule has 3 N–H and O–H groups in total. The molecule has 128 valence electrons.